The SMILES string of the molecule is CCCC1CCC(C#N)C(N2CCC(OCC)CC2)C1. The number of likely N-dealkylation sites (tertiary alicyclic amines) is 1. The minimum atomic E-state index is 0.256. The van der Waals surface area contributed by atoms with Gasteiger partial charge >= 0.3 is 0 Å². The Kier molecular flexibility index (Phi) is 6.32. The Balaban J connectivity index is 1.89. The van der Waals surface area contributed by atoms with Crippen LogP contribution in [0.2, 0.25) is 0 Å². The molecular weight excluding hydrogens is 248 g/mol. The van der Waals surface area contributed by atoms with Gasteiger partial charge in [0, 0.05) is 25.7 Å². The predicted octanol–water partition coefficient (Wildman–Crippen LogP) is 3.60. The lowest BCUT2D eigenvalue weighted by Crippen LogP contribution is -2.48. The van der Waals surface area contributed by atoms with Crippen LogP contribution in [0.3, 0.4) is 0 Å². The Bertz CT molecular complexity index is 317. The number of nitriles is 1. The molecule has 0 radical (unpaired) electrons. The van der Waals surface area contributed by atoms with E-state index in [4.69, 9.17) is 4.74 Å². The minimum absolute atomic E-state index is 0.256. The maximum atomic E-state index is 9.44. The summed E-state index contributed by atoms with van der Waals surface area (Å²) in [5, 5.41) is 9.44. The smallest absolute Gasteiger partial charge is 0.0672 e. The molecule has 20 heavy (non-hydrogen) atoms. The van der Waals surface area contributed by atoms with Crippen LogP contribution in [-0.2, 0) is 4.74 Å². The van der Waals surface area contributed by atoms with E-state index >= 15 is 0 Å². The van der Waals surface area contributed by atoms with Gasteiger partial charge in [0.25, 0.3) is 0 Å². The van der Waals surface area contributed by atoms with Crippen molar-refractivity contribution in [3.63, 3.8) is 0 Å². The van der Waals surface area contributed by atoms with E-state index in [9.17, 15) is 5.26 Å². The van der Waals surface area contributed by atoms with E-state index in [0.29, 0.717) is 12.1 Å². The van der Waals surface area contributed by atoms with Gasteiger partial charge in [-0.25, -0.2) is 0 Å². The van der Waals surface area contributed by atoms with Crippen molar-refractivity contribution >= 4 is 0 Å². The van der Waals surface area contributed by atoms with E-state index in [1.54, 1.807) is 0 Å². The van der Waals surface area contributed by atoms with Gasteiger partial charge in [-0.3, -0.25) is 4.90 Å². The van der Waals surface area contributed by atoms with E-state index < -0.39 is 0 Å². The largest absolute Gasteiger partial charge is 0.378 e. The lowest BCUT2D eigenvalue weighted by Gasteiger charge is -2.43. The summed E-state index contributed by atoms with van der Waals surface area (Å²) in [6.45, 7) is 7.42. The first-order chi connectivity index (χ1) is 9.78. The molecule has 0 spiro atoms. The van der Waals surface area contributed by atoms with Gasteiger partial charge in [-0.15, -0.1) is 0 Å². The fourth-order valence-corrected chi connectivity index (χ4v) is 4.07. The average Bonchev–Trinajstić information content (AvgIpc) is 2.49. The normalized spacial score (nSPS) is 33.0. The van der Waals surface area contributed by atoms with Crippen LogP contribution < -0.4 is 0 Å². The highest BCUT2D eigenvalue weighted by molar-refractivity contribution is 4.98. The summed E-state index contributed by atoms with van der Waals surface area (Å²) in [4.78, 5) is 2.59. The van der Waals surface area contributed by atoms with Crippen LogP contribution in [0.5, 0.6) is 0 Å². The molecule has 1 saturated carbocycles. The molecule has 3 atom stereocenters. The standard InChI is InChI=1S/C17H30N2O/c1-3-5-14-6-7-15(13-18)17(12-14)19-10-8-16(9-11-19)20-4-2/h14-17H,3-12H2,1-2H3. The van der Waals surface area contributed by atoms with Crippen LogP contribution in [0.4, 0.5) is 0 Å². The molecule has 114 valence electrons. The zero-order valence-corrected chi connectivity index (χ0v) is 13.2. The number of hydrogen-bond acceptors (Lipinski definition) is 3. The first kappa shape index (κ1) is 15.8. The van der Waals surface area contributed by atoms with Crippen LogP contribution >= 0.6 is 0 Å². The molecule has 3 nitrogen and oxygen atoms in total. The molecule has 0 aromatic heterocycles. The molecule has 0 aromatic carbocycles. The lowest BCUT2D eigenvalue weighted by atomic mass is 9.76. The van der Waals surface area contributed by atoms with E-state index in [2.05, 4.69) is 24.8 Å². The summed E-state index contributed by atoms with van der Waals surface area (Å²) in [7, 11) is 0. The quantitative estimate of drug-likeness (QED) is 0.771. The summed E-state index contributed by atoms with van der Waals surface area (Å²) in [5.41, 5.74) is 0. The second kappa shape index (κ2) is 8.00. The van der Waals surface area contributed by atoms with E-state index in [1.165, 1.54) is 25.7 Å². The van der Waals surface area contributed by atoms with Crippen molar-refractivity contribution in [3.8, 4) is 6.07 Å². The predicted molar refractivity (Wildman–Crippen MR) is 81.4 cm³/mol. The Morgan fingerprint density at radius 3 is 2.50 bits per heavy atom. The van der Waals surface area contributed by atoms with Gasteiger partial charge in [0.1, 0.15) is 0 Å². The molecule has 0 amide bonds. The summed E-state index contributed by atoms with van der Waals surface area (Å²) < 4.78 is 5.74. The lowest BCUT2D eigenvalue weighted by molar-refractivity contribution is -0.00990. The molecule has 1 aliphatic heterocycles. The zero-order chi connectivity index (χ0) is 14.4. The molecule has 1 heterocycles. The van der Waals surface area contributed by atoms with Gasteiger partial charge in [-0.2, -0.15) is 5.26 Å². The van der Waals surface area contributed by atoms with Crippen molar-refractivity contribution in [2.24, 2.45) is 11.8 Å². The Labute approximate surface area is 124 Å². The topological polar surface area (TPSA) is 36.3 Å². The monoisotopic (exact) mass is 278 g/mol. The van der Waals surface area contributed by atoms with E-state index in [0.717, 1.165) is 44.9 Å². The third-order valence-electron chi connectivity index (χ3n) is 5.14. The highest BCUT2D eigenvalue weighted by Crippen LogP contribution is 2.35. The number of hydrogen-bond donors (Lipinski definition) is 0. The molecule has 0 N–H and O–H groups in total. The molecular formula is C17H30N2O. The van der Waals surface area contributed by atoms with Crippen LogP contribution in [-0.4, -0.2) is 36.7 Å². The number of ether oxygens (including phenoxy) is 1. The first-order valence-corrected chi connectivity index (χ1v) is 8.53. The fourth-order valence-electron chi connectivity index (χ4n) is 4.07. The summed E-state index contributed by atoms with van der Waals surface area (Å²) in [6, 6.07) is 3.08. The van der Waals surface area contributed by atoms with Crippen LogP contribution in [0.15, 0.2) is 0 Å². The first-order valence-electron chi connectivity index (χ1n) is 8.53. The van der Waals surface area contributed by atoms with Crippen molar-refractivity contribution in [2.45, 2.75) is 70.9 Å². The molecule has 3 unspecified atom stereocenters. The minimum Gasteiger partial charge on any atom is -0.378 e. The Morgan fingerprint density at radius 1 is 1.15 bits per heavy atom. The van der Waals surface area contributed by atoms with Gasteiger partial charge in [0.2, 0.25) is 0 Å². The maximum absolute atomic E-state index is 9.44. The second-order valence-electron chi connectivity index (χ2n) is 6.46. The summed E-state index contributed by atoms with van der Waals surface area (Å²) in [6.07, 6.45) is 8.96. The summed E-state index contributed by atoms with van der Waals surface area (Å²) >= 11 is 0. The Hall–Kier alpha value is -0.590. The van der Waals surface area contributed by atoms with Gasteiger partial charge in [-0.1, -0.05) is 19.8 Å². The average molecular weight is 278 g/mol. The maximum Gasteiger partial charge on any atom is 0.0672 e. The zero-order valence-electron chi connectivity index (χ0n) is 13.2. The number of nitrogens with zero attached hydrogens (tertiary/aromatic N) is 2. The van der Waals surface area contributed by atoms with Crippen LogP contribution in [0.25, 0.3) is 0 Å². The molecule has 2 fully saturated rings. The van der Waals surface area contributed by atoms with Crippen molar-refractivity contribution in [1.29, 1.82) is 5.26 Å². The van der Waals surface area contributed by atoms with Gasteiger partial charge < -0.3 is 4.74 Å². The van der Waals surface area contributed by atoms with Crippen molar-refractivity contribution < 1.29 is 4.74 Å². The molecule has 0 bridgehead atoms. The van der Waals surface area contributed by atoms with Gasteiger partial charge in [0.05, 0.1) is 18.1 Å². The van der Waals surface area contributed by atoms with Gasteiger partial charge in [-0.05, 0) is 44.9 Å². The molecule has 3 heteroatoms. The van der Waals surface area contributed by atoms with E-state index in [-0.39, 0.29) is 5.92 Å². The molecule has 1 aliphatic carbocycles. The van der Waals surface area contributed by atoms with E-state index in [1.807, 2.05) is 0 Å². The van der Waals surface area contributed by atoms with Crippen molar-refractivity contribution in [1.82, 2.24) is 4.90 Å². The van der Waals surface area contributed by atoms with Gasteiger partial charge in [0.15, 0.2) is 0 Å². The third kappa shape index (κ3) is 3.96. The number of rotatable bonds is 5. The molecule has 0 aromatic rings. The number of piperidine rings is 1. The van der Waals surface area contributed by atoms with Crippen LogP contribution in [0, 0.1) is 23.2 Å². The molecule has 2 rings (SSSR count). The summed E-state index contributed by atoms with van der Waals surface area (Å²) in [5.74, 6) is 1.10. The third-order valence-corrected chi connectivity index (χ3v) is 5.14. The fraction of sp³-hybridized carbons (Fsp3) is 0.941. The highest BCUT2D eigenvalue weighted by Gasteiger charge is 2.35. The van der Waals surface area contributed by atoms with Crippen molar-refractivity contribution in [2.75, 3.05) is 19.7 Å². The highest BCUT2D eigenvalue weighted by atomic mass is 16.5. The van der Waals surface area contributed by atoms with Crippen molar-refractivity contribution in [3.05, 3.63) is 0 Å². The second-order valence-corrected chi connectivity index (χ2v) is 6.46. The Morgan fingerprint density at radius 2 is 1.90 bits per heavy atom. The van der Waals surface area contributed by atoms with Crippen LogP contribution in [0.1, 0.15) is 58.8 Å². The molecule has 1 saturated heterocycles. The molecule has 2 aliphatic rings.